The van der Waals surface area contributed by atoms with Crippen LogP contribution in [0.4, 0.5) is 5.69 Å². The Hall–Kier alpha value is -2.13. The summed E-state index contributed by atoms with van der Waals surface area (Å²) in [4.78, 5) is 24.5. The van der Waals surface area contributed by atoms with Gasteiger partial charge < -0.3 is 10.1 Å². The number of rotatable bonds is 7. The first-order chi connectivity index (χ1) is 15.2. The number of nitrogens with zero attached hydrogens (tertiary/aromatic N) is 1. The minimum absolute atomic E-state index is 0.205. The molecule has 172 valence electrons. The number of carbonyl (C=O) groups is 2. The van der Waals surface area contributed by atoms with Gasteiger partial charge in [-0.2, -0.15) is 0 Å². The minimum Gasteiger partial charge on any atom is -0.462 e. The summed E-state index contributed by atoms with van der Waals surface area (Å²) in [6.07, 6.45) is 0.800. The van der Waals surface area contributed by atoms with E-state index in [1.807, 2.05) is 0 Å². The average molecular weight is 499 g/mol. The molecule has 0 unspecified atom stereocenters. The molecule has 0 atom stereocenters. The predicted molar refractivity (Wildman–Crippen MR) is 124 cm³/mol. The maximum absolute atomic E-state index is 12.8. The van der Waals surface area contributed by atoms with Crippen LogP contribution in [0.5, 0.6) is 0 Å². The SMILES string of the molecule is CCOC(=O)c1cccc(NC(=O)C2CCN(S(=O)(=O)Cc3ccc(Cl)cc3Cl)CC2)c1. The van der Waals surface area contributed by atoms with Crippen molar-refractivity contribution in [2.45, 2.75) is 25.5 Å². The third-order valence-corrected chi connectivity index (χ3v) is 7.63. The van der Waals surface area contributed by atoms with E-state index in [2.05, 4.69) is 5.32 Å². The molecule has 3 rings (SSSR count). The van der Waals surface area contributed by atoms with Gasteiger partial charge in [0.25, 0.3) is 0 Å². The standard InChI is InChI=1S/C22H24Cl2N2O5S/c1-2-31-22(28)16-4-3-5-19(12-16)25-21(27)15-8-10-26(11-9-15)32(29,30)14-17-6-7-18(23)13-20(17)24/h3-7,12-13,15H,2,8-11,14H2,1H3,(H,25,27). The third-order valence-electron chi connectivity index (χ3n) is 5.21. The Bertz CT molecular complexity index is 1100. The zero-order chi connectivity index (χ0) is 23.3. The van der Waals surface area contributed by atoms with Crippen LogP contribution in [0.25, 0.3) is 0 Å². The second kappa shape index (κ2) is 10.7. The molecule has 1 saturated heterocycles. The van der Waals surface area contributed by atoms with E-state index in [9.17, 15) is 18.0 Å². The van der Waals surface area contributed by atoms with Crippen LogP contribution in [0.1, 0.15) is 35.7 Å². The molecule has 1 heterocycles. The molecule has 2 aromatic carbocycles. The van der Waals surface area contributed by atoms with E-state index in [4.69, 9.17) is 27.9 Å². The topological polar surface area (TPSA) is 92.8 Å². The van der Waals surface area contributed by atoms with Crippen molar-refractivity contribution < 1.29 is 22.7 Å². The van der Waals surface area contributed by atoms with Gasteiger partial charge in [0.05, 0.1) is 17.9 Å². The van der Waals surface area contributed by atoms with Crippen LogP contribution in [0.2, 0.25) is 10.0 Å². The predicted octanol–water partition coefficient (Wildman–Crippen LogP) is 4.35. The van der Waals surface area contributed by atoms with Crippen LogP contribution >= 0.6 is 23.2 Å². The van der Waals surface area contributed by atoms with Crippen molar-refractivity contribution in [3.63, 3.8) is 0 Å². The number of ether oxygens (including phenoxy) is 1. The number of piperidine rings is 1. The van der Waals surface area contributed by atoms with Gasteiger partial charge in [-0.25, -0.2) is 17.5 Å². The maximum atomic E-state index is 12.8. The molecule has 0 bridgehead atoms. The van der Waals surface area contributed by atoms with Gasteiger partial charge in [0, 0.05) is 34.7 Å². The summed E-state index contributed by atoms with van der Waals surface area (Å²) in [5.41, 5.74) is 1.33. The maximum Gasteiger partial charge on any atom is 0.338 e. The highest BCUT2D eigenvalue weighted by Crippen LogP contribution is 2.27. The van der Waals surface area contributed by atoms with Crippen molar-refractivity contribution >= 4 is 50.8 Å². The van der Waals surface area contributed by atoms with Crippen LogP contribution in [-0.4, -0.2) is 44.3 Å². The van der Waals surface area contributed by atoms with Crippen molar-refractivity contribution in [2.75, 3.05) is 25.0 Å². The lowest BCUT2D eigenvalue weighted by Gasteiger charge is -2.30. The van der Waals surface area contributed by atoms with E-state index in [1.54, 1.807) is 43.3 Å². The number of hydrogen-bond acceptors (Lipinski definition) is 5. The van der Waals surface area contributed by atoms with E-state index in [0.717, 1.165) is 0 Å². The zero-order valence-electron chi connectivity index (χ0n) is 17.5. The molecule has 1 fully saturated rings. The molecule has 32 heavy (non-hydrogen) atoms. The summed E-state index contributed by atoms with van der Waals surface area (Å²) in [5, 5.41) is 3.56. The first kappa shape index (κ1) is 24.5. The van der Waals surface area contributed by atoms with E-state index >= 15 is 0 Å². The summed E-state index contributed by atoms with van der Waals surface area (Å²) in [5.74, 6) is -1.21. The second-order valence-electron chi connectivity index (χ2n) is 7.46. The lowest BCUT2D eigenvalue weighted by Crippen LogP contribution is -2.41. The summed E-state index contributed by atoms with van der Waals surface area (Å²) < 4.78 is 32.0. The number of nitrogens with one attached hydrogen (secondary N) is 1. The van der Waals surface area contributed by atoms with Crippen molar-refractivity contribution in [1.29, 1.82) is 0 Å². The van der Waals surface area contributed by atoms with Gasteiger partial charge in [-0.05, 0) is 55.7 Å². The number of sulfonamides is 1. The van der Waals surface area contributed by atoms with E-state index in [0.29, 0.717) is 39.7 Å². The highest BCUT2D eigenvalue weighted by molar-refractivity contribution is 7.88. The van der Waals surface area contributed by atoms with Crippen LogP contribution in [0.15, 0.2) is 42.5 Å². The van der Waals surface area contributed by atoms with Crippen LogP contribution in [-0.2, 0) is 25.3 Å². The van der Waals surface area contributed by atoms with Crippen LogP contribution < -0.4 is 5.32 Å². The minimum atomic E-state index is -3.58. The number of amides is 1. The molecule has 0 radical (unpaired) electrons. The van der Waals surface area contributed by atoms with E-state index in [1.165, 1.54) is 10.4 Å². The monoisotopic (exact) mass is 498 g/mol. The Kier molecular flexibility index (Phi) is 8.16. The second-order valence-corrected chi connectivity index (χ2v) is 10.3. The van der Waals surface area contributed by atoms with Crippen molar-refractivity contribution in [2.24, 2.45) is 5.92 Å². The number of anilines is 1. The molecule has 2 aromatic rings. The summed E-state index contributed by atoms with van der Waals surface area (Å²) in [6.45, 7) is 2.48. The lowest BCUT2D eigenvalue weighted by atomic mass is 9.97. The van der Waals surface area contributed by atoms with E-state index in [-0.39, 0.29) is 37.3 Å². The van der Waals surface area contributed by atoms with Gasteiger partial charge in [-0.15, -0.1) is 0 Å². The molecular formula is C22H24Cl2N2O5S. The van der Waals surface area contributed by atoms with Crippen molar-refractivity contribution in [1.82, 2.24) is 4.31 Å². The number of hydrogen-bond donors (Lipinski definition) is 1. The lowest BCUT2D eigenvalue weighted by molar-refractivity contribution is -0.120. The molecule has 0 aromatic heterocycles. The fourth-order valence-electron chi connectivity index (χ4n) is 3.51. The number of carbonyl (C=O) groups excluding carboxylic acids is 2. The molecule has 1 N–H and O–H groups in total. The quantitative estimate of drug-likeness (QED) is 0.572. The van der Waals surface area contributed by atoms with E-state index < -0.39 is 16.0 Å². The average Bonchev–Trinajstić information content (AvgIpc) is 2.76. The summed E-state index contributed by atoms with van der Waals surface area (Å²) >= 11 is 12.0. The molecule has 10 heteroatoms. The Morgan fingerprint density at radius 1 is 1.12 bits per heavy atom. The molecular weight excluding hydrogens is 475 g/mol. The number of esters is 1. The highest BCUT2D eigenvalue weighted by Gasteiger charge is 2.31. The Morgan fingerprint density at radius 3 is 2.50 bits per heavy atom. The van der Waals surface area contributed by atoms with Crippen molar-refractivity contribution in [3.8, 4) is 0 Å². The normalized spacial score (nSPS) is 15.3. The number of benzene rings is 2. The van der Waals surface area contributed by atoms with Gasteiger partial charge in [-0.3, -0.25) is 4.79 Å². The van der Waals surface area contributed by atoms with Gasteiger partial charge in [0.15, 0.2) is 0 Å². The zero-order valence-corrected chi connectivity index (χ0v) is 19.8. The largest absolute Gasteiger partial charge is 0.462 e. The van der Waals surface area contributed by atoms with Gasteiger partial charge in [0.1, 0.15) is 0 Å². The molecule has 7 nitrogen and oxygen atoms in total. The molecule has 1 amide bonds. The molecule has 0 aliphatic carbocycles. The molecule has 0 spiro atoms. The van der Waals surface area contributed by atoms with Gasteiger partial charge in [-0.1, -0.05) is 35.3 Å². The van der Waals surface area contributed by atoms with Crippen LogP contribution in [0, 0.1) is 5.92 Å². The molecule has 1 aliphatic rings. The highest BCUT2D eigenvalue weighted by atomic mass is 35.5. The van der Waals surface area contributed by atoms with Crippen LogP contribution in [0.3, 0.4) is 0 Å². The Labute approximate surface area is 197 Å². The van der Waals surface area contributed by atoms with Gasteiger partial charge in [0.2, 0.25) is 15.9 Å². The number of halogens is 2. The fraction of sp³-hybridized carbons (Fsp3) is 0.364. The molecule has 0 saturated carbocycles. The first-order valence-electron chi connectivity index (χ1n) is 10.2. The summed E-state index contributed by atoms with van der Waals surface area (Å²) in [7, 11) is -3.58. The Balaban J connectivity index is 1.57. The summed E-state index contributed by atoms with van der Waals surface area (Å²) in [6, 6.07) is 11.3. The van der Waals surface area contributed by atoms with Crippen molar-refractivity contribution in [3.05, 3.63) is 63.6 Å². The smallest absolute Gasteiger partial charge is 0.338 e. The van der Waals surface area contributed by atoms with Gasteiger partial charge >= 0.3 is 5.97 Å². The molecule has 1 aliphatic heterocycles. The Morgan fingerprint density at radius 2 is 1.84 bits per heavy atom. The third kappa shape index (κ3) is 6.22. The fourth-order valence-corrected chi connectivity index (χ4v) is 5.65. The first-order valence-corrected chi connectivity index (χ1v) is 12.6.